The topological polar surface area (TPSA) is 19.6 Å². The van der Waals surface area contributed by atoms with Crippen molar-refractivity contribution in [2.45, 2.75) is 0 Å². The molecule has 0 spiro atoms. The van der Waals surface area contributed by atoms with E-state index in [-0.39, 0.29) is 0 Å². The number of furan rings is 1. The van der Waals surface area contributed by atoms with Gasteiger partial charge < -0.3 is 14.2 Å². The van der Waals surface area contributed by atoms with Gasteiger partial charge in [-0.15, -0.1) is 0 Å². The molecule has 0 amide bonds. The van der Waals surface area contributed by atoms with Crippen molar-refractivity contribution in [2.24, 2.45) is 0 Å². The molecule has 0 fully saturated rings. The van der Waals surface area contributed by atoms with E-state index in [1.54, 1.807) is 0 Å². The Morgan fingerprint density at radius 3 is 1.13 bits per heavy atom. The van der Waals surface area contributed by atoms with Crippen LogP contribution in [0.15, 0.2) is 259 Å². The maximum absolute atomic E-state index is 7.23. The van der Waals surface area contributed by atoms with Crippen molar-refractivity contribution in [3.8, 4) is 0 Å². The van der Waals surface area contributed by atoms with E-state index >= 15 is 0 Å². The first kappa shape index (κ1) is 39.5. The summed E-state index contributed by atoms with van der Waals surface area (Å²) >= 11 is 0. The maximum atomic E-state index is 7.23. The smallest absolute Gasteiger partial charge is 0.143 e. The molecule has 0 saturated carbocycles. The van der Waals surface area contributed by atoms with Gasteiger partial charge in [-0.05, 0) is 137 Å². The lowest BCUT2D eigenvalue weighted by molar-refractivity contribution is 0.673. The molecule has 0 N–H and O–H groups in total. The Balaban J connectivity index is 0.950. The van der Waals surface area contributed by atoms with Crippen LogP contribution >= 0.6 is 0 Å². The average Bonchev–Trinajstić information content (AvgIpc) is 3.83. The largest absolute Gasteiger partial charge is 0.455 e. The monoisotopic (exact) mass is 902 g/mol. The number of hydrogen-bond acceptors (Lipinski definition) is 3. The number of benzene rings is 14. The molecule has 14 aromatic carbocycles. The zero-order valence-corrected chi connectivity index (χ0v) is 38.6. The minimum atomic E-state index is 0.844. The molecule has 0 aliphatic heterocycles. The molecule has 0 bridgehead atoms. The van der Waals surface area contributed by atoms with Gasteiger partial charge in [0.15, 0.2) is 0 Å². The highest BCUT2D eigenvalue weighted by atomic mass is 16.3. The van der Waals surface area contributed by atoms with Crippen molar-refractivity contribution in [3.05, 3.63) is 255 Å². The first-order valence-corrected chi connectivity index (χ1v) is 24.4. The molecule has 0 aliphatic rings. The van der Waals surface area contributed by atoms with Gasteiger partial charge in [-0.25, -0.2) is 0 Å². The van der Waals surface area contributed by atoms with Gasteiger partial charge in [-0.1, -0.05) is 182 Å². The van der Waals surface area contributed by atoms with E-state index in [4.69, 9.17) is 4.42 Å². The van der Waals surface area contributed by atoms with E-state index < -0.39 is 0 Å². The summed E-state index contributed by atoms with van der Waals surface area (Å²) < 4.78 is 7.23. The standard InChI is InChI=1S/C68H42N2O/c1-5-19-53-45(15-1)27-29-47-31-33-49(39-61(47)53)69(64-25-11-17-43-13-3-7-21-55(43)64)51-35-37-59-63(41-51)57-23-9-10-24-58(57)67-60-38-36-52(42-66(60)71-68(59)67)70(65-26-12-18-44-14-4-8-22-56(44)65)50-34-32-48-30-28-46-16-2-6-20-54(46)62(48)40-50/h1-42H. The Labute approximate surface area is 409 Å². The highest BCUT2D eigenvalue weighted by molar-refractivity contribution is 6.31. The van der Waals surface area contributed by atoms with Gasteiger partial charge in [-0.2, -0.15) is 0 Å². The van der Waals surface area contributed by atoms with Crippen molar-refractivity contribution < 1.29 is 4.42 Å². The zero-order chi connectivity index (χ0) is 46.6. The number of hydrogen-bond donors (Lipinski definition) is 0. The predicted octanol–water partition coefficient (Wildman–Crippen LogP) is 19.8. The lowest BCUT2D eigenvalue weighted by Gasteiger charge is -2.28. The second-order valence-electron chi connectivity index (χ2n) is 18.8. The molecule has 330 valence electrons. The Morgan fingerprint density at radius 1 is 0.225 bits per heavy atom. The molecule has 0 atom stereocenters. The molecule has 15 aromatic rings. The van der Waals surface area contributed by atoms with Crippen LogP contribution in [0.3, 0.4) is 0 Å². The number of nitrogens with zero attached hydrogens (tertiary/aromatic N) is 2. The van der Waals surface area contributed by atoms with Gasteiger partial charge >= 0.3 is 0 Å². The SMILES string of the molecule is c1ccc2c(N(c3ccc4c(c3)oc3c5ccc(N(c6ccc7ccc8ccccc8c7c6)c6cccc7ccccc67)cc5c5ccccc5c43)c3ccc4ccc5ccccc5c4c3)cccc2c1. The summed E-state index contributed by atoms with van der Waals surface area (Å²) in [6.45, 7) is 0. The Hall–Kier alpha value is -9.44. The van der Waals surface area contributed by atoms with Crippen LogP contribution in [0.1, 0.15) is 0 Å². The minimum absolute atomic E-state index is 0.844. The molecule has 0 aliphatic carbocycles. The molecule has 0 radical (unpaired) electrons. The molecule has 3 heteroatoms. The van der Waals surface area contributed by atoms with E-state index in [1.807, 2.05) is 0 Å². The van der Waals surface area contributed by atoms with Crippen LogP contribution in [0, 0.1) is 0 Å². The van der Waals surface area contributed by atoms with Crippen molar-refractivity contribution in [1.82, 2.24) is 0 Å². The fraction of sp³-hybridized carbons (Fsp3) is 0. The summed E-state index contributed by atoms with van der Waals surface area (Å²) in [6.07, 6.45) is 0. The van der Waals surface area contributed by atoms with E-state index in [0.717, 1.165) is 66.8 Å². The summed E-state index contributed by atoms with van der Waals surface area (Å²) in [5.74, 6) is 0. The van der Waals surface area contributed by atoms with Crippen LogP contribution in [-0.2, 0) is 0 Å². The minimum Gasteiger partial charge on any atom is -0.455 e. The fourth-order valence-corrected chi connectivity index (χ4v) is 11.6. The van der Waals surface area contributed by atoms with E-state index in [9.17, 15) is 0 Å². The van der Waals surface area contributed by atoms with E-state index in [2.05, 4.69) is 265 Å². The Morgan fingerprint density at radius 2 is 0.592 bits per heavy atom. The molecular weight excluding hydrogens is 861 g/mol. The highest BCUT2D eigenvalue weighted by Crippen LogP contribution is 2.48. The molecule has 1 heterocycles. The van der Waals surface area contributed by atoms with Crippen LogP contribution in [0.2, 0.25) is 0 Å². The van der Waals surface area contributed by atoms with Crippen molar-refractivity contribution >= 4 is 142 Å². The lowest BCUT2D eigenvalue weighted by Crippen LogP contribution is -2.10. The molecule has 3 nitrogen and oxygen atoms in total. The number of anilines is 6. The summed E-state index contributed by atoms with van der Waals surface area (Å²) in [7, 11) is 0. The third-order valence-electron chi connectivity index (χ3n) is 14.9. The third-order valence-corrected chi connectivity index (χ3v) is 14.9. The van der Waals surface area contributed by atoms with Crippen LogP contribution in [0.5, 0.6) is 0 Å². The number of rotatable bonds is 6. The van der Waals surface area contributed by atoms with Gasteiger partial charge in [0.2, 0.25) is 0 Å². The fourth-order valence-electron chi connectivity index (χ4n) is 11.6. The van der Waals surface area contributed by atoms with Crippen LogP contribution in [0.4, 0.5) is 34.1 Å². The average molecular weight is 903 g/mol. The molecule has 0 unspecified atom stereocenters. The number of fused-ring (bicyclic) bond motifs is 16. The van der Waals surface area contributed by atoms with Crippen molar-refractivity contribution in [3.63, 3.8) is 0 Å². The first-order chi connectivity index (χ1) is 35.2. The quantitative estimate of drug-likeness (QED) is 0.155. The molecular formula is C68H42N2O. The third kappa shape index (κ3) is 6.16. The van der Waals surface area contributed by atoms with Gasteiger partial charge in [0.1, 0.15) is 11.2 Å². The van der Waals surface area contributed by atoms with Crippen LogP contribution < -0.4 is 9.80 Å². The van der Waals surface area contributed by atoms with E-state index in [0.29, 0.717) is 0 Å². The molecule has 15 rings (SSSR count). The highest BCUT2D eigenvalue weighted by Gasteiger charge is 2.23. The van der Waals surface area contributed by atoms with E-state index in [1.165, 1.54) is 75.4 Å². The predicted molar refractivity (Wildman–Crippen MR) is 303 cm³/mol. The second-order valence-corrected chi connectivity index (χ2v) is 18.8. The summed E-state index contributed by atoms with van der Waals surface area (Å²) in [5, 5.41) is 21.4. The van der Waals surface area contributed by atoms with Gasteiger partial charge in [0, 0.05) is 55.7 Å². The van der Waals surface area contributed by atoms with Gasteiger partial charge in [-0.3, -0.25) is 0 Å². The Kier molecular flexibility index (Phi) is 8.66. The second kappa shape index (κ2) is 15.5. The summed E-state index contributed by atoms with van der Waals surface area (Å²) in [5.41, 5.74) is 8.25. The van der Waals surface area contributed by atoms with Crippen LogP contribution in [-0.4, -0.2) is 0 Å². The summed E-state index contributed by atoms with van der Waals surface area (Å²) in [6, 6.07) is 93.1. The first-order valence-electron chi connectivity index (χ1n) is 24.4. The molecule has 0 saturated heterocycles. The Bertz CT molecular complexity index is 4670. The molecule has 71 heavy (non-hydrogen) atoms. The maximum Gasteiger partial charge on any atom is 0.143 e. The zero-order valence-electron chi connectivity index (χ0n) is 38.6. The summed E-state index contributed by atoms with van der Waals surface area (Å²) in [4.78, 5) is 4.83. The van der Waals surface area contributed by atoms with Crippen molar-refractivity contribution in [1.29, 1.82) is 0 Å². The van der Waals surface area contributed by atoms with Gasteiger partial charge in [0.05, 0.1) is 11.4 Å². The van der Waals surface area contributed by atoms with Gasteiger partial charge in [0.25, 0.3) is 0 Å². The normalized spacial score (nSPS) is 11.9. The van der Waals surface area contributed by atoms with Crippen LogP contribution in [0.25, 0.3) is 108 Å². The molecule has 1 aromatic heterocycles. The van der Waals surface area contributed by atoms with Crippen molar-refractivity contribution in [2.75, 3.05) is 9.80 Å². The lowest BCUT2D eigenvalue weighted by atomic mass is 9.95.